The first kappa shape index (κ1) is 24.3. The Kier molecular flexibility index (Phi) is 6.97. The zero-order valence-electron chi connectivity index (χ0n) is 18.7. The lowest BCUT2D eigenvalue weighted by Crippen LogP contribution is -2.41. The van der Waals surface area contributed by atoms with Gasteiger partial charge in [-0.25, -0.2) is 4.79 Å². The maximum atomic E-state index is 13.0. The van der Waals surface area contributed by atoms with Crippen LogP contribution < -0.4 is 5.32 Å². The Balaban J connectivity index is 1.38. The summed E-state index contributed by atoms with van der Waals surface area (Å²) < 4.78 is 43.2. The molecule has 182 valence electrons. The normalized spacial score (nSPS) is 16.6. The predicted molar refractivity (Wildman–Crippen MR) is 121 cm³/mol. The molecule has 34 heavy (non-hydrogen) atoms. The maximum Gasteiger partial charge on any atom is 0.416 e. The zero-order valence-corrected chi connectivity index (χ0v) is 19.5. The third kappa shape index (κ3) is 4.96. The number of nitrogens with zero attached hydrogens (tertiary/aromatic N) is 1. The van der Waals surface area contributed by atoms with Gasteiger partial charge in [0.15, 0.2) is 0 Å². The Labute approximate surface area is 199 Å². The van der Waals surface area contributed by atoms with Crippen molar-refractivity contribution in [3.63, 3.8) is 0 Å². The number of fused-ring (bicyclic) bond motifs is 1. The molecule has 0 unspecified atom stereocenters. The zero-order chi connectivity index (χ0) is 24.5. The molecule has 0 spiro atoms. The van der Waals surface area contributed by atoms with E-state index in [1.54, 1.807) is 4.90 Å². The summed E-state index contributed by atoms with van der Waals surface area (Å²) in [4.78, 5) is 40.7. The van der Waals surface area contributed by atoms with Crippen molar-refractivity contribution in [3.8, 4) is 0 Å². The molecule has 2 heterocycles. The number of alkyl halides is 3. The van der Waals surface area contributed by atoms with Crippen molar-refractivity contribution in [3.05, 3.63) is 51.4 Å². The Morgan fingerprint density at radius 2 is 1.71 bits per heavy atom. The first-order chi connectivity index (χ1) is 16.2. The molecule has 4 rings (SSSR count). The van der Waals surface area contributed by atoms with Crippen LogP contribution in [-0.4, -0.2) is 42.9 Å². The van der Waals surface area contributed by atoms with Crippen LogP contribution in [0.15, 0.2) is 24.3 Å². The molecule has 1 aromatic carbocycles. The fourth-order valence-electron chi connectivity index (χ4n) is 4.52. The number of hydrogen-bond donors (Lipinski definition) is 1. The highest BCUT2D eigenvalue weighted by molar-refractivity contribution is 7.17. The minimum absolute atomic E-state index is 0.183. The summed E-state index contributed by atoms with van der Waals surface area (Å²) in [7, 11) is 1.32. The average Bonchev–Trinajstić information content (AvgIpc) is 3.20. The summed E-state index contributed by atoms with van der Waals surface area (Å²) in [5.41, 5.74) is 0.796. The molecule has 6 nitrogen and oxygen atoms in total. The number of thiophene rings is 1. The first-order valence-electron chi connectivity index (χ1n) is 11.2. The lowest BCUT2D eigenvalue weighted by Gasteiger charge is -2.31. The topological polar surface area (TPSA) is 75.7 Å². The largest absolute Gasteiger partial charge is 0.465 e. The summed E-state index contributed by atoms with van der Waals surface area (Å²) in [5.74, 6) is -1.34. The van der Waals surface area contributed by atoms with E-state index in [1.807, 2.05) is 0 Å². The average molecular weight is 495 g/mol. The molecule has 2 aliphatic rings. The van der Waals surface area contributed by atoms with E-state index in [1.165, 1.54) is 30.6 Å². The summed E-state index contributed by atoms with van der Waals surface area (Å²) in [5, 5.41) is 3.44. The Morgan fingerprint density at radius 1 is 1.06 bits per heavy atom. The number of anilines is 1. The lowest BCUT2D eigenvalue weighted by molar-refractivity contribution is -0.137. The molecule has 1 aliphatic heterocycles. The molecule has 1 saturated heterocycles. The highest BCUT2D eigenvalue weighted by Crippen LogP contribution is 2.39. The molecule has 1 aromatic heterocycles. The highest BCUT2D eigenvalue weighted by Gasteiger charge is 2.33. The number of rotatable bonds is 4. The van der Waals surface area contributed by atoms with Crippen LogP contribution in [0.1, 0.15) is 62.4 Å². The third-order valence-electron chi connectivity index (χ3n) is 6.41. The second-order valence-corrected chi connectivity index (χ2v) is 9.64. The molecular formula is C24H25F3N2O4S. The van der Waals surface area contributed by atoms with Crippen molar-refractivity contribution < 1.29 is 32.3 Å². The molecule has 1 aliphatic carbocycles. The molecular weight excluding hydrogens is 469 g/mol. The van der Waals surface area contributed by atoms with Crippen molar-refractivity contribution in [2.75, 3.05) is 25.5 Å². The number of piperidine rings is 1. The van der Waals surface area contributed by atoms with Crippen molar-refractivity contribution >= 4 is 34.1 Å². The van der Waals surface area contributed by atoms with Gasteiger partial charge in [-0.15, -0.1) is 11.3 Å². The second kappa shape index (κ2) is 9.77. The van der Waals surface area contributed by atoms with E-state index >= 15 is 0 Å². The number of halogens is 3. The minimum Gasteiger partial charge on any atom is -0.465 e. The van der Waals surface area contributed by atoms with E-state index in [0.29, 0.717) is 36.5 Å². The number of esters is 1. The SMILES string of the molecule is COC(=O)c1c(NC(=O)C2CCN(C(=O)c3ccc(C(F)(F)F)cc3)CC2)sc2c1CCCC2. The van der Waals surface area contributed by atoms with Crippen LogP contribution in [0.3, 0.4) is 0 Å². The predicted octanol–water partition coefficient (Wildman–Crippen LogP) is 4.92. The highest BCUT2D eigenvalue weighted by atomic mass is 32.1. The first-order valence-corrected chi connectivity index (χ1v) is 12.0. The fraction of sp³-hybridized carbons (Fsp3) is 0.458. The molecule has 0 radical (unpaired) electrons. The number of nitrogens with one attached hydrogen (secondary N) is 1. The van der Waals surface area contributed by atoms with Crippen molar-refractivity contribution in [2.24, 2.45) is 5.92 Å². The summed E-state index contributed by atoms with van der Waals surface area (Å²) in [6.45, 7) is 0.644. The monoisotopic (exact) mass is 494 g/mol. The summed E-state index contributed by atoms with van der Waals surface area (Å²) in [6, 6.07) is 4.15. The van der Waals surface area contributed by atoms with Crippen LogP contribution in [0.5, 0.6) is 0 Å². The Morgan fingerprint density at radius 3 is 2.32 bits per heavy atom. The molecule has 0 atom stereocenters. The molecule has 1 fully saturated rings. The number of carbonyl (C=O) groups excluding carboxylic acids is 3. The quantitative estimate of drug-likeness (QED) is 0.612. The van der Waals surface area contributed by atoms with E-state index in [2.05, 4.69) is 5.32 Å². The number of amides is 2. The number of ether oxygens (including phenoxy) is 1. The van der Waals surface area contributed by atoms with E-state index in [4.69, 9.17) is 4.74 Å². The van der Waals surface area contributed by atoms with Crippen molar-refractivity contribution in [2.45, 2.75) is 44.7 Å². The number of hydrogen-bond acceptors (Lipinski definition) is 5. The molecule has 10 heteroatoms. The van der Waals surface area contributed by atoms with Gasteiger partial charge < -0.3 is 15.0 Å². The van der Waals surface area contributed by atoms with Gasteiger partial charge in [-0.3, -0.25) is 9.59 Å². The van der Waals surface area contributed by atoms with Gasteiger partial charge in [0.2, 0.25) is 5.91 Å². The fourth-order valence-corrected chi connectivity index (χ4v) is 5.80. The molecule has 0 bridgehead atoms. The van der Waals surface area contributed by atoms with Crippen LogP contribution in [0.2, 0.25) is 0 Å². The molecule has 1 N–H and O–H groups in total. The standard InChI is InChI=1S/C24H25F3N2O4S/c1-33-23(32)19-17-4-2-3-5-18(17)34-21(19)28-20(30)14-10-12-29(13-11-14)22(31)15-6-8-16(9-7-15)24(25,26)27/h6-9,14H,2-5,10-13H2,1H3,(H,28,30). The van der Waals surface area contributed by atoms with Gasteiger partial charge in [0.05, 0.1) is 18.2 Å². The van der Waals surface area contributed by atoms with Crippen LogP contribution >= 0.6 is 11.3 Å². The molecule has 0 saturated carbocycles. The van der Waals surface area contributed by atoms with Crippen LogP contribution in [0.4, 0.5) is 18.2 Å². The number of methoxy groups -OCH3 is 1. The van der Waals surface area contributed by atoms with Gasteiger partial charge in [-0.2, -0.15) is 13.2 Å². The molecule has 2 amide bonds. The van der Waals surface area contributed by atoms with Gasteiger partial charge in [0.25, 0.3) is 5.91 Å². The smallest absolute Gasteiger partial charge is 0.416 e. The third-order valence-corrected chi connectivity index (χ3v) is 7.62. The second-order valence-electron chi connectivity index (χ2n) is 8.54. The number of carbonyl (C=O) groups is 3. The van der Waals surface area contributed by atoms with Crippen LogP contribution in [-0.2, 0) is 28.5 Å². The lowest BCUT2D eigenvalue weighted by atomic mass is 9.94. The number of benzene rings is 1. The van der Waals surface area contributed by atoms with E-state index in [-0.39, 0.29) is 23.3 Å². The van der Waals surface area contributed by atoms with Crippen LogP contribution in [0.25, 0.3) is 0 Å². The van der Waals surface area contributed by atoms with Gasteiger partial charge in [0, 0.05) is 29.4 Å². The van der Waals surface area contributed by atoms with Gasteiger partial charge in [-0.05, 0) is 68.4 Å². The van der Waals surface area contributed by atoms with E-state index in [9.17, 15) is 27.6 Å². The Bertz CT molecular complexity index is 1090. The van der Waals surface area contributed by atoms with Crippen molar-refractivity contribution in [1.29, 1.82) is 0 Å². The summed E-state index contributed by atoms with van der Waals surface area (Å²) in [6.07, 6.45) is 0.108. The molecule has 2 aromatic rings. The number of aryl methyl sites for hydroxylation is 1. The van der Waals surface area contributed by atoms with Gasteiger partial charge in [0.1, 0.15) is 5.00 Å². The minimum atomic E-state index is -4.46. The van der Waals surface area contributed by atoms with Crippen molar-refractivity contribution in [1.82, 2.24) is 4.90 Å². The van der Waals surface area contributed by atoms with Crippen LogP contribution in [0, 0.1) is 5.92 Å². The van der Waals surface area contributed by atoms with E-state index < -0.39 is 17.7 Å². The van der Waals surface area contributed by atoms with Gasteiger partial charge >= 0.3 is 12.1 Å². The summed E-state index contributed by atoms with van der Waals surface area (Å²) >= 11 is 1.43. The Hall–Kier alpha value is -2.88. The van der Waals surface area contributed by atoms with E-state index in [0.717, 1.165) is 48.3 Å². The maximum absolute atomic E-state index is 13.0. The van der Waals surface area contributed by atoms with Gasteiger partial charge in [-0.1, -0.05) is 0 Å². The number of likely N-dealkylation sites (tertiary alicyclic amines) is 1.